The van der Waals surface area contributed by atoms with E-state index in [4.69, 9.17) is 9.47 Å². The maximum absolute atomic E-state index is 6.23. The Bertz CT molecular complexity index is 207. The van der Waals surface area contributed by atoms with Gasteiger partial charge >= 0.3 is 0 Å². The number of hydrogen-bond acceptors (Lipinski definition) is 2. The van der Waals surface area contributed by atoms with Gasteiger partial charge in [-0.3, -0.25) is 0 Å². The molecule has 0 aromatic rings. The molecule has 2 rings (SSSR count). The van der Waals surface area contributed by atoms with Crippen LogP contribution in [0.2, 0.25) is 0 Å². The Morgan fingerprint density at radius 1 is 1.13 bits per heavy atom. The molecule has 0 aromatic carbocycles. The SMILES string of the molecule is CC[C@@H]1OC2(CCCCC2)O[C@@H]1C(C)C. The van der Waals surface area contributed by atoms with E-state index < -0.39 is 0 Å². The molecule has 0 aromatic heterocycles. The maximum atomic E-state index is 6.23. The average Bonchev–Trinajstić information content (AvgIpc) is 2.58. The van der Waals surface area contributed by atoms with E-state index in [0.29, 0.717) is 18.1 Å². The van der Waals surface area contributed by atoms with Gasteiger partial charge in [0, 0.05) is 12.8 Å². The summed E-state index contributed by atoms with van der Waals surface area (Å²) in [5, 5.41) is 0. The van der Waals surface area contributed by atoms with Crippen LogP contribution in [0.25, 0.3) is 0 Å². The summed E-state index contributed by atoms with van der Waals surface area (Å²) in [4.78, 5) is 0. The fourth-order valence-electron chi connectivity index (χ4n) is 2.90. The lowest BCUT2D eigenvalue weighted by Crippen LogP contribution is -2.34. The van der Waals surface area contributed by atoms with Crippen LogP contribution in [0.15, 0.2) is 0 Å². The van der Waals surface area contributed by atoms with E-state index in [1.54, 1.807) is 0 Å². The van der Waals surface area contributed by atoms with Crippen molar-refractivity contribution in [2.45, 2.75) is 77.3 Å². The summed E-state index contributed by atoms with van der Waals surface area (Å²) in [5.74, 6) is 0.365. The fraction of sp³-hybridized carbons (Fsp3) is 1.00. The molecule has 0 radical (unpaired) electrons. The van der Waals surface area contributed by atoms with Crippen molar-refractivity contribution in [2.75, 3.05) is 0 Å². The second kappa shape index (κ2) is 4.42. The molecule has 2 heteroatoms. The van der Waals surface area contributed by atoms with Crippen molar-refractivity contribution in [1.82, 2.24) is 0 Å². The first kappa shape index (κ1) is 11.4. The standard InChI is InChI=1S/C13H24O2/c1-4-11-12(10(2)3)15-13(14-11)8-6-5-7-9-13/h10-12H,4-9H2,1-3H3/t11-,12+/m0/s1. The Morgan fingerprint density at radius 2 is 1.80 bits per heavy atom. The van der Waals surface area contributed by atoms with Gasteiger partial charge in [-0.25, -0.2) is 0 Å². The van der Waals surface area contributed by atoms with Gasteiger partial charge in [0.2, 0.25) is 0 Å². The third-order valence-electron chi connectivity index (χ3n) is 3.76. The zero-order valence-electron chi connectivity index (χ0n) is 10.3. The lowest BCUT2D eigenvalue weighted by atomic mass is 9.94. The third-order valence-corrected chi connectivity index (χ3v) is 3.76. The number of ether oxygens (including phenoxy) is 2. The highest BCUT2D eigenvalue weighted by Gasteiger charge is 2.47. The summed E-state index contributed by atoms with van der Waals surface area (Å²) in [7, 11) is 0. The fourth-order valence-corrected chi connectivity index (χ4v) is 2.90. The lowest BCUT2D eigenvalue weighted by molar-refractivity contribution is -0.196. The van der Waals surface area contributed by atoms with Crippen LogP contribution in [-0.2, 0) is 9.47 Å². The summed E-state index contributed by atoms with van der Waals surface area (Å²) in [6, 6.07) is 0. The zero-order valence-corrected chi connectivity index (χ0v) is 10.3. The van der Waals surface area contributed by atoms with Crippen LogP contribution in [0.1, 0.15) is 59.3 Å². The normalized spacial score (nSPS) is 35.2. The summed E-state index contributed by atoms with van der Waals surface area (Å²) in [5.41, 5.74) is 0. The summed E-state index contributed by atoms with van der Waals surface area (Å²) >= 11 is 0. The van der Waals surface area contributed by atoms with Crippen LogP contribution < -0.4 is 0 Å². The Labute approximate surface area is 93.3 Å². The molecular formula is C13H24O2. The van der Waals surface area contributed by atoms with Gasteiger partial charge in [-0.2, -0.15) is 0 Å². The van der Waals surface area contributed by atoms with E-state index in [0.717, 1.165) is 19.3 Å². The molecule has 88 valence electrons. The Balaban J connectivity index is 2.05. The van der Waals surface area contributed by atoms with Gasteiger partial charge in [0.1, 0.15) is 0 Å². The molecule has 1 saturated heterocycles. The van der Waals surface area contributed by atoms with Gasteiger partial charge < -0.3 is 9.47 Å². The summed E-state index contributed by atoms with van der Waals surface area (Å²) in [6.45, 7) is 6.67. The van der Waals surface area contributed by atoms with Gasteiger partial charge in [-0.05, 0) is 25.2 Å². The predicted molar refractivity (Wildman–Crippen MR) is 60.7 cm³/mol. The highest BCUT2D eigenvalue weighted by Crippen LogP contribution is 2.42. The quantitative estimate of drug-likeness (QED) is 0.697. The van der Waals surface area contributed by atoms with Crippen molar-refractivity contribution in [3.63, 3.8) is 0 Å². The lowest BCUT2D eigenvalue weighted by Gasteiger charge is -2.32. The monoisotopic (exact) mass is 212 g/mol. The summed E-state index contributed by atoms with van der Waals surface area (Å²) in [6.07, 6.45) is 7.79. The second-order valence-electron chi connectivity index (χ2n) is 5.36. The number of hydrogen-bond donors (Lipinski definition) is 0. The van der Waals surface area contributed by atoms with Crippen LogP contribution in [0.3, 0.4) is 0 Å². The van der Waals surface area contributed by atoms with Gasteiger partial charge in [-0.15, -0.1) is 0 Å². The van der Waals surface area contributed by atoms with Crippen molar-refractivity contribution in [1.29, 1.82) is 0 Å². The number of rotatable bonds is 2. The molecule has 2 atom stereocenters. The first-order valence-corrected chi connectivity index (χ1v) is 6.52. The molecule has 1 aliphatic carbocycles. The highest BCUT2D eigenvalue weighted by atomic mass is 16.8. The van der Waals surface area contributed by atoms with E-state index in [9.17, 15) is 0 Å². The van der Waals surface area contributed by atoms with Gasteiger partial charge in [-0.1, -0.05) is 27.2 Å². The van der Waals surface area contributed by atoms with E-state index >= 15 is 0 Å². The molecule has 0 N–H and O–H groups in total. The first-order chi connectivity index (χ1) is 7.17. The van der Waals surface area contributed by atoms with Gasteiger partial charge in [0.05, 0.1) is 12.2 Å². The molecule has 0 amide bonds. The summed E-state index contributed by atoms with van der Waals surface area (Å²) < 4.78 is 12.4. The molecule has 1 spiro atoms. The minimum Gasteiger partial charge on any atom is -0.344 e. The van der Waals surface area contributed by atoms with Crippen LogP contribution in [0.5, 0.6) is 0 Å². The smallest absolute Gasteiger partial charge is 0.169 e. The molecule has 0 bridgehead atoms. The molecule has 2 aliphatic rings. The molecule has 2 nitrogen and oxygen atoms in total. The molecule has 1 aliphatic heterocycles. The van der Waals surface area contributed by atoms with Gasteiger partial charge in [0.15, 0.2) is 5.79 Å². The van der Waals surface area contributed by atoms with E-state index in [-0.39, 0.29) is 5.79 Å². The second-order valence-corrected chi connectivity index (χ2v) is 5.36. The topological polar surface area (TPSA) is 18.5 Å². The molecule has 2 fully saturated rings. The minimum absolute atomic E-state index is 0.201. The Morgan fingerprint density at radius 3 is 2.27 bits per heavy atom. The van der Waals surface area contributed by atoms with Crippen LogP contribution >= 0.6 is 0 Å². The van der Waals surface area contributed by atoms with Gasteiger partial charge in [0.25, 0.3) is 0 Å². The Kier molecular flexibility index (Phi) is 3.36. The van der Waals surface area contributed by atoms with E-state index in [2.05, 4.69) is 20.8 Å². The van der Waals surface area contributed by atoms with Crippen molar-refractivity contribution in [3.05, 3.63) is 0 Å². The van der Waals surface area contributed by atoms with E-state index in [1.807, 2.05) is 0 Å². The van der Waals surface area contributed by atoms with Crippen LogP contribution in [0, 0.1) is 5.92 Å². The average molecular weight is 212 g/mol. The highest BCUT2D eigenvalue weighted by molar-refractivity contribution is 4.88. The zero-order chi connectivity index (χ0) is 10.9. The van der Waals surface area contributed by atoms with Crippen molar-refractivity contribution >= 4 is 0 Å². The van der Waals surface area contributed by atoms with E-state index in [1.165, 1.54) is 19.3 Å². The first-order valence-electron chi connectivity index (χ1n) is 6.52. The van der Waals surface area contributed by atoms with Crippen molar-refractivity contribution < 1.29 is 9.47 Å². The van der Waals surface area contributed by atoms with Crippen molar-refractivity contribution in [2.24, 2.45) is 5.92 Å². The molecule has 15 heavy (non-hydrogen) atoms. The Hall–Kier alpha value is -0.0800. The molecular weight excluding hydrogens is 188 g/mol. The predicted octanol–water partition coefficient (Wildman–Crippen LogP) is 3.50. The van der Waals surface area contributed by atoms with Crippen LogP contribution in [-0.4, -0.2) is 18.0 Å². The maximum Gasteiger partial charge on any atom is 0.169 e. The third kappa shape index (κ3) is 2.21. The molecule has 0 unspecified atom stereocenters. The van der Waals surface area contributed by atoms with Crippen LogP contribution in [0.4, 0.5) is 0 Å². The molecule has 1 heterocycles. The minimum atomic E-state index is -0.201. The largest absolute Gasteiger partial charge is 0.344 e. The van der Waals surface area contributed by atoms with Crippen molar-refractivity contribution in [3.8, 4) is 0 Å². The molecule has 1 saturated carbocycles.